The van der Waals surface area contributed by atoms with E-state index >= 15 is 0 Å². The molecule has 5 aromatic rings. The van der Waals surface area contributed by atoms with Crippen LogP contribution >= 0.6 is 0 Å². The predicted molar refractivity (Wildman–Crippen MR) is 117 cm³/mol. The molecule has 5 rings (SSSR count). The molecule has 0 aliphatic rings. The molecule has 1 aromatic carbocycles. The Bertz CT molecular complexity index is 1480. The molecule has 0 aliphatic carbocycles. The highest BCUT2D eigenvalue weighted by atomic mass is 19.1. The third kappa shape index (κ3) is 3.68. The number of fused-ring (bicyclic) bond motifs is 1. The van der Waals surface area contributed by atoms with E-state index in [2.05, 4.69) is 20.1 Å². The van der Waals surface area contributed by atoms with Gasteiger partial charge in [0.15, 0.2) is 5.65 Å². The largest absolute Gasteiger partial charge is 0.392 e. The zero-order valence-corrected chi connectivity index (χ0v) is 17.0. The summed E-state index contributed by atoms with van der Waals surface area (Å²) in [6, 6.07) is 16.5. The topological polar surface area (TPSA) is 119 Å². The molecule has 0 radical (unpaired) electrons. The van der Waals surface area contributed by atoms with Crippen molar-refractivity contribution in [3.8, 4) is 33.9 Å². The molecule has 33 heavy (non-hydrogen) atoms. The molecule has 9 nitrogen and oxygen atoms in total. The minimum Gasteiger partial charge on any atom is -0.392 e. The van der Waals surface area contributed by atoms with Crippen molar-refractivity contribution in [2.45, 2.75) is 6.61 Å². The van der Waals surface area contributed by atoms with Crippen molar-refractivity contribution in [3.05, 3.63) is 94.6 Å². The van der Waals surface area contributed by atoms with E-state index in [0.29, 0.717) is 39.5 Å². The van der Waals surface area contributed by atoms with Crippen LogP contribution in [-0.4, -0.2) is 34.6 Å². The molecule has 162 valence electrons. The second kappa shape index (κ2) is 8.17. The van der Waals surface area contributed by atoms with Crippen LogP contribution in [0.4, 0.5) is 10.2 Å². The van der Waals surface area contributed by atoms with Crippen LogP contribution in [-0.2, 0) is 6.61 Å². The lowest BCUT2D eigenvalue weighted by molar-refractivity contribution is -0.388. The van der Waals surface area contributed by atoms with Crippen LogP contribution in [0.3, 0.4) is 0 Å². The van der Waals surface area contributed by atoms with Crippen molar-refractivity contribution in [2.75, 3.05) is 0 Å². The van der Waals surface area contributed by atoms with Gasteiger partial charge in [0.1, 0.15) is 34.7 Å². The smallest absolute Gasteiger partial charge is 0.372 e. The average molecular weight is 442 g/mol. The van der Waals surface area contributed by atoms with E-state index in [9.17, 15) is 19.6 Å². The number of aromatic nitrogens is 5. The summed E-state index contributed by atoms with van der Waals surface area (Å²) >= 11 is 0. The summed E-state index contributed by atoms with van der Waals surface area (Å²) in [5, 5.41) is 25.7. The number of imidazole rings is 1. The number of aliphatic hydroxyl groups is 1. The first-order chi connectivity index (χ1) is 16.0. The minimum atomic E-state index is -0.556. The Balaban J connectivity index is 1.79. The van der Waals surface area contributed by atoms with Gasteiger partial charge < -0.3 is 15.2 Å². The standard InChI is InChI=1S/C23H15FN6O3/c24-16-7-8-18(26-12-16)19-9-10-20-27-21(17-2-1-11-25-23(17)30(32)33)22(29(20)28-19)15-5-3-14(13-31)4-6-15/h1-12,31H,13H2. The van der Waals surface area contributed by atoms with Gasteiger partial charge in [0.05, 0.1) is 18.5 Å². The Kier molecular flexibility index (Phi) is 5.04. The fourth-order valence-corrected chi connectivity index (χ4v) is 3.54. The van der Waals surface area contributed by atoms with E-state index < -0.39 is 10.7 Å². The van der Waals surface area contributed by atoms with Gasteiger partial charge in [-0.15, -0.1) is 0 Å². The van der Waals surface area contributed by atoms with E-state index in [0.717, 1.165) is 6.20 Å². The Hall–Kier alpha value is -4.57. The molecule has 0 fully saturated rings. The molecule has 0 amide bonds. The Morgan fingerprint density at radius 3 is 2.48 bits per heavy atom. The molecule has 4 heterocycles. The van der Waals surface area contributed by atoms with Crippen molar-refractivity contribution in [1.82, 2.24) is 24.6 Å². The maximum Gasteiger partial charge on any atom is 0.372 e. The van der Waals surface area contributed by atoms with Gasteiger partial charge in [-0.1, -0.05) is 24.3 Å². The van der Waals surface area contributed by atoms with Crippen LogP contribution in [0.5, 0.6) is 0 Å². The number of benzene rings is 1. The number of pyridine rings is 2. The molecule has 0 unspecified atom stereocenters. The lowest BCUT2D eigenvalue weighted by Crippen LogP contribution is -1.99. The van der Waals surface area contributed by atoms with Gasteiger partial charge in [-0.2, -0.15) is 5.10 Å². The van der Waals surface area contributed by atoms with E-state index in [-0.39, 0.29) is 18.0 Å². The Labute approximate surface area is 186 Å². The van der Waals surface area contributed by atoms with Gasteiger partial charge in [-0.05, 0) is 51.9 Å². The summed E-state index contributed by atoms with van der Waals surface area (Å²) in [6.45, 7) is -0.118. The highest BCUT2D eigenvalue weighted by Crippen LogP contribution is 2.36. The minimum absolute atomic E-state index is 0.118. The molecular weight excluding hydrogens is 427 g/mol. The molecule has 0 spiro atoms. The van der Waals surface area contributed by atoms with Gasteiger partial charge in [0, 0.05) is 5.56 Å². The highest BCUT2D eigenvalue weighted by molar-refractivity contribution is 5.85. The van der Waals surface area contributed by atoms with Crippen molar-refractivity contribution >= 4 is 11.5 Å². The zero-order valence-electron chi connectivity index (χ0n) is 17.0. The highest BCUT2D eigenvalue weighted by Gasteiger charge is 2.25. The summed E-state index contributed by atoms with van der Waals surface area (Å²) in [6.07, 6.45) is 2.46. The predicted octanol–water partition coefficient (Wildman–Crippen LogP) is 4.06. The third-order valence-corrected chi connectivity index (χ3v) is 5.09. The van der Waals surface area contributed by atoms with Crippen molar-refractivity contribution in [1.29, 1.82) is 0 Å². The number of rotatable bonds is 5. The summed E-state index contributed by atoms with van der Waals surface area (Å²) in [5.74, 6) is -0.784. The molecular formula is C23H15FN6O3. The summed E-state index contributed by atoms with van der Waals surface area (Å²) in [7, 11) is 0. The lowest BCUT2D eigenvalue weighted by atomic mass is 10.0. The van der Waals surface area contributed by atoms with Gasteiger partial charge in [-0.3, -0.25) is 4.98 Å². The average Bonchev–Trinajstić information content (AvgIpc) is 3.23. The van der Waals surface area contributed by atoms with Crippen molar-refractivity contribution < 1.29 is 14.4 Å². The fraction of sp³-hybridized carbons (Fsp3) is 0.0435. The molecule has 10 heteroatoms. The molecule has 0 saturated carbocycles. The van der Waals surface area contributed by atoms with Gasteiger partial charge >= 0.3 is 5.82 Å². The van der Waals surface area contributed by atoms with E-state index in [1.54, 1.807) is 53.0 Å². The first-order valence-electron chi connectivity index (χ1n) is 9.87. The maximum absolute atomic E-state index is 13.3. The molecule has 0 saturated heterocycles. The fourth-order valence-electron chi connectivity index (χ4n) is 3.54. The number of hydrogen-bond acceptors (Lipinski definition) is 7. The first-order valence-corrected chi connectivity index (χ1v) is 9.87. The Morgan fingerprint density at radius 2 is 1.79 bits per heavy atom. The molecule has 1 N–H and O–H groups in total. The van der Waals surface area contributed by atoms with E-state index in [4.69, 9.17) is 0 Å². The number of hydrogen-bond donors (Lipinski definition) is 1. The van der Waals surface area contributed by atoms with E-state index in [1.807, 2.05) is 0 Å². The first kappa shape index (κ1) is 20.3. The van der Waals surface area contributed by atoms with Crippen molar-refractivity contribution in [3.63, 3.8) is 0 Å². The second-order valence-electron chi connectivity index (χ2n) is 7.15. The molecule has 0 atom stereocenters. The monoisotopic (exact) mass is 442 g/mol. The second-order valence-corrected chi connectivity index (χ2v) is 7.15. The lowest BCUT2D eigenvalue weighted by Gasteiger charge is -2.07. The van der Waals surface area contributed by atoms with Crippen LogP contribution in [0, 0.1) is 15.9 Å². The number of halogens is 1. The summed E-state index contributed by atoms with van der Waals surface area (Å²) < 4.78 is 14.9. The quantitative estimate of drug-likeness (QED) is 0.322. The van der Waals surface area contributed by atoms with Gasteiger partial charge in [0.2, 0.25) is 0 Å². The summed E-state index contributed by atoms with van der Waals surface area (Å²) in [5.41, 5.74) is 3.88. The number of aliphatic hydroxyl groups excluding tert-OH is 1. The SMILES string of the molecule is O=[N+]([O-])c1ncccc1-c1nc2ccc(-c3ccc(F)cn3)nn2c1-c1ccc(CO)cc1. The maximum atomic E-state index is 13.3. The number of nitrogens with zero attached hydrogens (tertiary/aromatic N) is 6. The van der Waals surface area contributed by atoms with Crippen LogP contribution in [0.25, 0.3) is 39.5 Å². The van der Waals surface area contributed by atoms with Crippen molar-refractivity contribution in [2.24, 2.45) is 0 Å². The normalized spacial score (nSPS) is 11.1. The molecule has 0 aliphatic heterocycles. The summed E-state index contributed by atoms with van der Waals surface area (Å²) in [4.78, 5) is 23.7. The third-order valence-electron chi connectivity index (χ3n) is 5.09. The van der Waals surface area contributed by atoms with Crippen LogP contribution in [0.15, 0.2) is 73.1 Å². The van der Waals surface area contributed by atoms with Gasteiger partial charge in [-0.25, -0.2) is 13.9 Å². The van der Waals surface area contributed by atoms with Crippen LogP contribution in [0.1, 0.15) is 5.56 Å². The Morgan fingerprint density at radius 1 is 1.00 bits per heavy atom. The molecule has 4 aromatic heterocycles. The van der Waals surface area contributed by atoms with Crippen LogP contribution < -0.4 is 0 Å². The zero-order chi connectivity index (χ0) is 22.9. The van der Waals surface area contributed by atoms with Crippen LogP contribution in [0.2, 0.25) is 0 Å². The van der Waals surface area contributed by atoms with E-state index in [1.165, 1.54) is 18.3 Å². The van der Waals surface area contributed by atoms with Gasteiger partial charge in [0.25, 0.3) is 0 Å². The molecule has 0 bridgehead atoms. The number of nitro groups is 1.